The van der Waals surface area contributed by atoms with E-state index in [2.05, 4.69) is 60.1 Å². The van der Waals surface area contributed by atoms with E-state index in [1.54, 1.807) is 12.1 Å². The van der Waals surface area contributed by atoms with Crippen LogP contribution in [0.5, 0.6) is 5.75 Å². The molecule has 2 aromatic carbocycles. The Morgan fingerprint density at radius 3 is 2.52 bits per heavy atom. The fraction of sp³-hybridized carbons (Fsp3) is 0.484. The molecule has 238 valence electrons. The van der Waals surface area contributed by atoms with Gasteiger partial charge in [-0.05, 0) is 57.4 Å². The molecule has 0 radical (unpaired) electrons. The first-order valence-electron chi connectivity index (χ1n) is 14.2. The molecule has 13 heteroatoms. The van der Waals surface area contributed by atoms with Crippen molar-refractivity contribution in [1.29, 1.82) is 0 Å². The van der Waals surface area contributed by atoms with E-state index in [1.165, 1.54) is 25.3 Å². The van der Waals surface area contributed by atoms with Crippen LogP contribution in [0.15, 0.2) is 41.6 Å². The average molecular weight is 634 g/mol. The van der Waals surface area contributed by atoms with Crippen molar-refractivity contribution in [3.63, 3.8) is 0 Å². The number of aromatic nitrogens is 2. The summed E-state index contributed by atoms with van der Waals surface area (Å²) in [6.07, 6.45) is -1.55. The number of carbonyl (C=O) groups excluding carboxylic acids is 1. The number of benzene rings is 2. The third-order valence-corrected chi connectivity index (χ3v) is 8.80. The van der Waals surface area contributed by atoms with Gasteiger partial charge in [0.05, 0.1) is 41.6 Å². The molecule has 1 aliphatic heterocycles. The van der Waals surface area contributed by atoms with Crippen LogP contribution in [-0.4, -0.2) is 79.5 Å². The number of carbonyl (C=O) groups is 1. The number of nitrogens with one attached hydrogen (secondary N) is 2. The predicted octanol–water partition coefficient (Wildman–Crippen LogP) is 4.71. The molecule has 0 spiro atoms. The number of methoxy groups -OCH3 is 1. The maximum absolute atomic E-state index is 13.6. The molecule has 4 rings (SSSR count). The van der Waals surface area contributed by atoms with Gasteiger partial charge >= 0.3 is 6.18 Å². The summed E-state index contributed by atoms with van der Waals surface area (Å²) < 4.78 is 70.0. The summed E-state index contributed by atoms with van der Waals surface area (Å²) in [5, 5.41) is 6.15. The largest absolute Gasteiger partial charge is 0.495 e. The third kappa shape index (κ3) is 8.04. The first kappa shape index (κ1) is 33.1. The van der Waals surface area contributed by atoms with Crippen LogP contribution in [0.2, 0.25) is 0 Å². The van der Waals surface area contributed by atoms with Gasteiger partial charge in [-0.25, -0.2) is 13.4 Å². The van der Waals surface area contributed by atoms with Crippen LogP contribution in [0, 0.1) is 17.8 Å². The highest BCUT2D eigenvalue weighted by atomic mass is 32.2. The van der Waals surface area contributed by atoms with Crippen LogP contribution in [-0.2, 0) is 16.4 Å². The van der Waals surface area contributed by atoms with Crippen LogP contribution >= 0.6 is 0 Å². The number of hydrogen-bond donors (Lipinski definition) is 2. The lowest BCUT2D eigenvalue weighted by molar-refractivity contribution is -0.139. The smallest absolute Gasteiger partial charge is 0.406 e. The van der Waals surface area contributed by atoms with E-state index in [0.717, 1.165) is 36.7 Å². The molecule has 2 heterocycles. The van der Waals surface area contributed by atoms with Gasteiger partial charge in [-0.2, -0.15) is 13.2 Å². The van der Waals surface area contributed by atoms with Gasteiger partial charge in [-0.1, -0.05) is 18.8 Å². The number of hydrogen-bond acceptors (Lipinski definition) is 7. The minimum Gasteiger partial charge on any atom is -0.495 e. The number of halogens is 3. The van der Waals surface area contributed by atoms with Crippen LogP contribution in [0.3, 0.4) is 0 Å². The maximum atomic E-state index is 13.6. The van der Waals surface area contributed by atoms with E-state index in [0.29, 0.717) is 17.0 Å². The lowest BCUT2D eigenvalue weighted by atomic mass is 9.90. The minimum atomic E-state index is -4.48. The second kappa shape index (κ2) is 12.7. The van der Waals surface area contributed by atoms with E-state index in [-0.39, 0.29) is 45.5 Å². The first-order chi connectivity index (χ1) is 20.5. The van der Waals surface area contributed by atoms with Gasteiger partial charge in [0, 0.05) is 42.6 Å². The van der Waals surface area contributed by atoms with Crippen molar-refractivity contribution in [3.8, 4) is 17.6 Å². The summed E-state index contributed by atoms with van der Waals surface area (Å²) >= 11 is 0. The molecular weight excluding hydrogens is 595 g/mol. The lowest BCUT2D eigenvalue weighted by Crippen LogP contribution is -2.54. The Hall–Kier alpha value is -3.76. The Bertz CT molecular complexity index is 1700. The monoisotopic (exact) mass is 633 g/mol. The van der Waals surface area contributed by atoms with Gasteiger partial charge in [0.25, 0.3) is 5.91 Å². The van der Waals surface area contributed by atoms with Crippen LogP contribution in [0.1, 0.15) is 50.0 Å². The van der Waals surface area contributed by atoms with Crippen molar-refractivity contribution in [3.05, 3.63) is 47.8 Å². The van der Waals surface area contributed by atoms with E-state index >= 15 is 0 Å². The Balaban J connectivity index is 1.59. The normalized spacial score (nSPS) is 18.0. The van der Waals surface area contributed by atoms with E-state index in [9.17, 15) is 26.4 Å². The molecule has 1 fully saturated rings. The number of nitrogens with zero attached hydrogens (tertiary/aromatic N) is 3. The number of rotatable bonds is 7. The van der Waals surface area contributed by atoms with Gasteiger partial charge in [0.1, 0.15) is 17.8 Å². The van der Waals surface area contributed by atoms with Gasteiger partial charge in [-0.3, -0.25) is 9.69 Å². The molecule has 0 aliphatic carbocycles. The Kier molecular flexibility index (Phi) is 9.56. The number of alkyl halides is 3. The predicted molar refractivity (Wildman–Crippen MR) is 164 cm³/mol. The second-order valence-corrected chi connectivity index (χ2v) is 14.1. The van der Waals surface area contributed by atoms with Gasteiger partial charge < -0.3 is 19.9 Å². The topological polar surface area (TPSA) is 106 Å². The van der Waals surface area contributed by atoms with Crippen molar-refractivity contribution in [1.82, 2.24) is 19.8 Å². The fourth-order valence-corrected chi connectivity index (χ4v) is 5.91. The summed E-state index contributed by atoms with van der Waals surface area (Å²) in [7, 11) is -2.01. The molecule has 1 saturated heterocycles. The van der Waals surface area contributed by atoms with Crippen molar-refractivity contribution >= 4 is 32.5 Å². The Labute approximate surface area is 256 Å². The zero-order valence-electron chi connectivity index (χ0n) is 25.7. The van der Waals surface area contributed by atoms with Crippen molar-refractivity contribution in [2.75, 3.05) is 38.3 Å². The Morgan fingerprint density at radius 2 is 1.91 bits per heavy atom. The number of imidazole rings is 1. The second-order valence-electron chi connectivity index (χ2n) is 12.1. The van der Waals surface area contributed by atoms with Crippen LogP contribution < -0.4 is 15.4 Å². The van der Waals surface area contributed by atoms with E-state index in [4.69, 9.17) is 4.74 Å². The molecule has 0 bridgehead atoms. The zero-order chi connectivity index (χ0) is 32.4. The number of piperidine rings is 1. The van der Waals surface area contributed by atoms with Crippen molar-refractivity contribution < 1.29 is 31.1 Å². The number of fused-ring (bicyclic) bond motifs is 1. The van der Waals surface area contributed by atoms with Crippen molar-refractivity contribution in [2.24, 2.45) is 5.92 Å². The first-order valence-corrected chi connectivity index (χ1v) is 16.1. The van der Waals surface area contributed by atoms with Crippen LogP contribution in [0.4, 0.5) is 18.9 Å². The summed E-state index contributed by atoms with van der Waals surface area (Å²) in [6, 6.07) is 7.35. The van der Waals surface area contributed by atoms with Crippen molar-refractivity contribution in [2.45, 2.75) is 63.3 Å². The molecule has 1 aromatic heterocycles. The van der Waals surface area contributed by atoms with Crippen LogP contribution in [0.25, 0.3) is 11.0 Å². The molecule has 0 saturated carbocycles. The summed E-state index contributed by atoms with van der Waals surface area (Å²) in [5.74, 6) is 5.92. The average Bonchev–Trinajstić information content (AvgIpc) is 3.31. The molecule has 2 N–H and O–H groups in total. The number of likely N-dealkylation sites (tertiary alicyclic amines) is 1. The van der Waals surface area contributed by atoms with Gasteiger partial charge in [0.15, 0.2) is 9.84 Å². The molecule has 2 atom stereocenters. The molecule has 9 nitrogen and oxygen atoms in total. The highest BCUT2D eigenvalue weighted by Gasteiger charge is 2.33. The highest BCUT2D eigenvalue weighted by Crippen LogP contribution is 2.29. The molecular formula is C31H38F3N5O4S. The maximum Gasteiger partial charge on any atom is 0.406 e. The SMILES string of the molecule is COc1cc(S(C)(=O)=O)ccc1NCC#Cc1cc(C(=O)N[C@H]2CCN(C(C)(C)C)C[C@H]2C)c2ncn(CC(F)(F)F)c2c1. The quantitative estimate of drug-likeness (QED) is 0.363. The highest BCUT2D eigenvalue weighted by molar-refractivity contribution is 7.90. The van der Waals surface area contributed by atoms with E-state index in [1.807, 2.05) is 0 Å². The molecule has 1 amide bonds. The minimum absolute atomic E-state index is 0.00726. The standard InChI is InChI=1S/C31H38F3N5O4S/c1-20-17-39(30(2,3)4)13-11-24(20)37-29(40)23-14-21(15-26-28(23)36-19-38(26)18-31(32,33)34)8-7-12-35-25-10-9-22(44(6,41)42)16-27(25)43-5/h9-10,14-16,19-20,24,35H,11-13,17-18H2,1-6H3,(H,37,40)/t20-,24+/m1/s1. The fourth-order valence-electron chi connectivity index (χ4n) is 5.28. The van der Waals surface area contributed by atoms with E-state index < -0.39 is 28.5 Å². The third-order valence-electron chi connectivity index (χ3n) is 7.69. The molecule has 0 unspecified atom stereocenters. The molecule has 3 aromatic rings. The Morgan fingerprint density at radius 1 is 1.18 bits per heavy atom. The summed E-state index contributed by atoms with van der Waals surface area (Å²) in [4.78, 5) is 20.2. The van der Waals surface area contributed by atoms with Gasteiger partial charge in [0.2, 0.25) is 0 Å². The molecule has 1 aliphatic rings. The number of anilines is 1. The number of sulfone groups is 1. The number of ether oxygens (including phenoxy) is 1. The number of amides is 1. The summed E-state index contributed by atoms with van der Waals surface area (Å²) in [5.41, 5.74) is 1.35. The summed E-state index contributed by atoms with van der Waals surface area (Å²) in [6.45, 7) is 9.02. The lowest BCUT2D eigenvalue weighted by Gasteiger charge is -2.44. The zero-order valence-corrected chi connectivity index (χ0v) is 26.5. The molecule has 44 heavy (non-hydrogen) atoms. The van der Waals surface area contributed by atoms with Gasteiger partial charge in [-0.15, -0.1) is 0 Å².